The predicted octanol–water partition coefficient (Wildman–Crippen LogP) is 3.33. The van der Waals surface area contributed by atoms with Gasteiger partial charge in [-0.2, -0.15) is 0 Å². The number of benzene rings is 2. The number of carbonyl (C=O) groups is 3. The Morgan fingerprint density at radius 1 is 0.784 bits per heavy atom. The van der Waals surface area contributed by atoms with E-state index in [9.17, 15) is 14.4 Å². The fraction of sp³-hybridized carbons (Fsp3) is 0.483. The number of amides is 2. The van der Waals surface area contributed by atoms with Gasteiger partial charge in [-0.05, 0) is 36.3 Å². The summed E-state index contributed by atoms with van der Waals surface area (Å²) >= 11 is 0. The zero-order valence-electron chi connectivity index (χ0n) is 22.5. The molecule has 0 saturated heterocycles. The van der Waals surface area contributed by atoms with Crippen LogP contribution < -0.4 is 16.4 Å². The molecule has 0 spiro atoms. The fourth-order valence-corrected chi connectivity index (χ4v) is 3.68. The maximum absolute atomic E-state index is 13.2. The molecule has 0 aromatic heterocycles. The van der Waals surface area contributed by atoms with E-state index < -0.39 is 42.0 Å². The lowest BCUT2D eigenvalue weighted by atomic mass is 9.99. The average Bonchev–Trinajstić information content (AvgIpc) is 2.88. The van der Waals surface area contributed by atoms with Gasteiger partial charge >= 0.3 is 5.97 Å². The number of esters is 1. The van der Waals surface area contributed by atoms with Gasteiger partial charge in [0, 0.05) is 0 Å². The predicted molar refractivity (Wildman–Crippen MR) is 143 cm³/mol. The maximum atomic E-state index is 13.2. The summed E-state index contributed by atoms with van der Waals surface area (Å²) in [6, 6.07) is 16.2. The third-order valence-electron chi connectivity index (χ3n) is 5.94. The molecule has 2 aromatic carbocycles. The van der Waals surface area contributed by atoms with E-state index in [0.717, 1.165) is 11.1 Å². The zero-order chi connectivity index (χ0) is 27.4. The van der Waals surface area contributed by atoms with E-state index in [0.29, 0.717) is 13.0 Å². The van der Waals surface area contributed by atoms with Crippen LogP contribution in [0.3, 0.4) is 0 Å². The van der Waals surface area contributed by atoms with Crippen LogP contribution in [0.25, 0.3) is 0 Å². The number of nitrogens with two attached hydrogens (primary N) is 1. The Labute approximate surface area is 220 Å². The summed E-state index contributed by atoms with van der Waals surface area (Å²) in [5, 5.41) is 5.53. The largest absolute Gasteiger partial charge is 0.459 e. The molecule has 0 aliphatic heterocycles. The van der Waals surface area contributed by atoms with E-state index in [1.165, 1.54) is 0 Å². The summed E-state index contributed by atoms with van der Waals surface area (Å²) in [4.78, 5) is 38.9. The molecule has 0 aliphatic rings. The van der Waals surface area contributed by atoms with Crippen LogP contribution in [-0.2, 0) is 37.1 Å². The monoisotopic (exact) mass is 511 g/mol. The number of nitrogens with one attached hydrogen (secondary N) is 2. The van der Waals surface area contributed by atoms with Crippen molar-refractivity contribution in [2.45, 2.75) is 78.5 Å². The van der Waals surface area contributed by atoms with E-state index in [-0.39, 0.29) is 18.4 Å². The number of rotatable bonds is 14. The van der Waals surface area contributed by atoms with Gasteiger partial charge < -0.3 is 25.8 Å². The lowest BCUT2D eigenvalue weighted by molar-refractivity contribution is -0.150. The van der Waals surface area contributed by atoms with Crippen molar-refractivity contribution in [1.29, 1.82) is 0 Å². The molecule has 37 heavy (non-hydrogen) atoms. The molecule has 2 aromatic rings. The number of carbonyl (C=O) groups excluding carboxylic acids is 3. The van der Waals surface area contributed by atoms with Gasteiger partial charge in [0.2, 0.25) is 11.8 Å². The Hall–Kier alpha value is -3.23. The van der Waals surface area contributed by atoms with Crippen molar-refractivity contribution in [3.8, 4) is 0 Å². The van der Waals surface area contributed by atoms with Gasteiger partial charge in [0.15, 0.2) is 0 Å². The van der Waals surface area contributed by atoms with Gasteiger partial charge in [-0.1, -0.05) is 88.4 Å². The van der Waals surface area contributed by atoms with Gasteiger partial charge in [0.05, 0.1) is 12.7 Å². The highest BCUT2D eigenvalue weighted by atomic mass is 16.5. The molecule has 4 N–H and O–H groups in total. The lowest BCUT2D eigenvalue weighted by Crippen LogP contribution is -2.58. The molecule has 4 unspecified atom stereocenters. The van der Waals surface area contributed by atoms with E-state index >= 15 is 0 Å². The molecule has 4 atom stereocenters. The maximum Gasteiger partial charge on any atom is 0.328 e. The van der Waals surface area contributed by atoms with Gasteiger partial charge in [-0.3, -0.25) is 9.59 Å². The van der Waals surface area contributed by atoms with Crippen LogP contribution in [0.5, 0.6) is 0 Å². The van der Waals surface area contributed by atoms with E-state index in [4.69, 9.17) is 15.2 Å². The second-order valence-corrected chi connectivity index (χ2v) is 10.0. The zero-order valence-corrected chi connectivity index (χ0v) is 22.5. The van der Waals surface area contributed by atoms with Crippen molar-refractivity contribution in [2.75, 3.05) is 0 Å². The molecule has 2 amide bonds. The first kappa shape index (κ1) is 30.0. The molecule has 0 aliphatic carbocycles. The number of hydrogen-bond acceptors (Lipinski definition) is 6. The van der Waals surface area contributed by atoms with Gasteiger partial charge in [-0.25, -0.2) is 4.79 Å². The Morgan fingerprint density at radius 2 is 1.32 bits per heavy atom. The molecule has 0 heterocycles. The molecule has 0 bridgehead atoms. The summed E-state index contributed by atoms with van der Waals surface area (Å²) in [6.07, 6.45) is -0.167. The second kappa shape index (κ2) is 15.1. The molecule has 0 radical (unpaired) electrons. The van der Waals surface area contributed by atoms with Crippen molar-refractivity contribution >= 4 is 17.8 Å². The topological polar surface area (TPSA) is 120 Å². The van der Waals surface area contributed by atoms with Gasteiger partial charge in [0.1, 0.15) is 24.7 Å². The Bertz CT molecular complexity index is 982. The molecule has 2 rings (SSSR count). The van der Waals surface area contributed by atoms with Crippen LogP contribution in [-0.4, -0.2) is 42.0 Å². The molecule has 8 nitrogen and oxygen atoms in total. The minimum absolute atomic E-state index is 0.115. The van der Waals surface area contributed by atoms with Gasteiger partial charge in [0.25, 0.3) is 0 Å². The summed E-state index contributed by atoms with van der Waals surface area (Å²) in [6.45, 7) is 9.71. The minimum Gasteiger partial charge on any atom is -0.459 e. The number of hydrogen-bond donors (Lipinski definition) is 3. The van der Waals surface area contributed by atoms with Crippen LogP contribution in [0, 0.1) is 11.8 Å². The highest BCUT2D eigenvalue weighted by molar-refractivity contribution is 5.92. The highest BCUT2D eigenvalue weighted by Gasteiger charge is 2.32. The fourth-order valence-electron chi connectivity index (χ4n) is 3.68. The first-order chi connectivity index (χ1) is 17.6. The molecular weight excluding hydrogens is 470 g/mol. The van der Waals surface area contributed by atoms with Crippen LogP contribution in [0.1, 0.15) is 52.2 Å². The van der Waals surface area contributed by atoms with E-state index in [1.54, 1.807) is 6.92 Å². The third-order valence-corrected chi connectivity index (χ3v) is 5.94. The van der Waals surface area contributed by atoms with Crippen molar-refractivity contribution in [2.24, 2.45) is 17.6 Å². The second-order valence-electron chi connectivity index (χ2n) is 10.0. The van der Waals surface area contributed by atoms with Crippen LogP contribution >= 0.6 is 0 Å². The molecule has 0 fully saturated rings. The quantitative estimate of drug-likeness (QED) is 0.335. The minimum atomic E-state index is -0.972. The third kappa shape index (κ3) is 10.3. The Kier molecular flexibility index (Phi) is 12.3. The SMILES string of the molecule is CC(C)CC(NC(=O)C(NC(=O)C(N)C(C)OCc1ccccc1)C(C)C)C(=O)OCc1ccccc1. The highest BCUT2D eigenvalue weighted by Crippen LogP contribution is 2.12. The van der Waals surface area contributed by atoms with Crippen LogP contribution in [0.2, 0.25) is 0 Å². The summed E-state index contributed by atoms with van der Waals surface area (Å²) in [7, 11) is 0. The summed E-state index contributed by atoms with van der Waals surface area (Å²) in [5.74, 6) is -1.58. The smallest absolute Gasteiger partial charge is 0.328 e. The van der Waals surface area contributed by atoms with Crippen molar-refractivity contribution < 1.29 is 23.9 Å². The van der Waals surface area contributed by atoms with E-state index in [2.05, 4.69) is 10.6 Å². The Balaban J connectivity index is 1.98. The molecule has 0 saturated carbocycles. The van der Waals surface area contributed by atoms with E-state index in [1.807, 2.05) is 88.4 Å². The standard InChI is InChI=1S/C29H41N3O5/c1-19(2)16-24(29(35)37-18-23-14-10-7-11-15-23)31-28(34)26(20(3)4)32-27(33)25(30)21(5)36-17-22-12-8-6-9-13-22/h6-15,19-21,24-26H,16-18,30H2,1-5H3,(H,31,34)(H,32,33). The molecule has 8 heteroatoms. The summed E-state index contributed by atoms with van der Waals surface area (Å²) in [5.41, 5.74) is 7.97. The summed E-state index contributed by atoms with van der Waals surface area (Å²) < 4.78 is 11.2. The van der Waals surface area contributed by atoms with Crippen molar-refractivity contribution in [3.63, 3.8) is 0 Å². The van der Waals surface area contributed by atoms with Gasteiger partial charge in [-0.15, -0.1) is 0 Å². The number of ether oxygens (including phenoxy) is 2. The van der Waals surface area contributed by atoms with Crippen LogP contribution in [0.4, 0.5) is 0 Å². The normalized spacial score (nSPS) is 14.5. The lowest BCUT2D eigenvalue weighted by Gasteiger charge is -2.27. The Morgan fingerprint density at radius 3 is 1.84 bits per heavy atom. The molecular formula is C29H41N3O5. The molecule has 202 valence electrons. The first-order valence-corrected chi connectivity index (χ1v) is 12.8. The van der Waals surface area contributed by atoms with Crippen molar-refractivity contribution in [1.82, 2.24) is 10.6 Å². The first-order valence-electron chi connectivity index (χ1n) is 12.8. The average molecular weight is 512 g/mol. The van der Waals surface area contributed by atoms with Crippen LogP contribution in [0.15, 0.2) is 60.7 Å². The van der Waals surface area contributed by atoms with Crippen molar-refractivity contribution in [3.05, 3.63) is 71.8 Å².